The zero-order valence-electron chi connectivity index (χ0n) is 13.4. The van der Waals surface area contributed by atoms with Crippen LogP contribution in [0.5, 0.6) is 0 Å². The molecule has 3 rings (SSSR count). The number of fused-ring (bicyclic) bond motifs is 2. The van der Waals surface area contributed by atoms with E-state index in [1.807, 2.05) is 0 Å². The van der Waals surface area contributed by atoms with E-state index >= 15 is 0 Å². The van der Waals surface area contributed by atoms with Crippen LogP contribution >= 0.6 is 12.4 Å². The van der Waals surface area contributed by atoms with Crippen LogP contribution in [-0.2, 0) is 0 Å². The van der Waals surface area contributed by atoms with Crippen LogP contribution in [-0.4, -0.2) is 60.6 Å². The molecular weight excluding hydrogens is 270 g/mol. The summed E-state index contributed by atoms with van der Waals surface area (Å²) in [6.07, 6.45) is 5.60. The Morgan fingerprint density at radius 2 is 1.95 bits per heavy atom. The van der Waals surface area contributed by atoms with Gasteiger partial charge in [0.05, 0.1) is 0 Å². The van der Waals surface area contributed by atoms with Gasteiger partial charge in [-0.15, -0.1) is 12.4 Å². The van der Waals surface area contributed by atoms with Crippen LogP contribution in [0.2, 0.25) is 0 Å². The van der Waals surface area contributed by atoms with Crippen LogP contribution in [0.4, 0.5) is 0 Å². The third-order valence-electron chi connectivity index (χ3n) is 5.58. The maximum Gasteiger partial charge on any atom is 0.0229 e. The second-order valence-electron chi connectivity index (χ2n) is 7.69. The van der Waals surface area contributed by atoms with Gasteiger partial charge >= 0.3 is 0 Å². The number of halogens is 1. The van der Waals surface area contributed by atoms with Crippen molar-refractivity contribution < 1.29 is 0 Å². The Bertz CT molecular complexity index is 315. The molecule has 3 unspecified atom stereocenters. The lowest BCUT2D eigenvalue weighted by atomic mass is 9.89. The van der Waals surface area contributed by atoms with Gasteiger partial charge in [-0.25, -0.2) is 0 Å². The van der Waals surface area contributed by atoms with Crippen LogP contribution in [0.15, 0.2) is 0 Å². The van der Waals surface area contributed by atoms with Gasteiger partial charge in [0.25, 0.3) is 0 Å². The second kappa shape index (κ2) is 6.51. The monoisotopic (exact) mass is 301 g/mol. The van der Waals surface area contributed by atoms with Gasteiger partial charge in [-0.3, -0.25) is 4.90 Å². The normalized spacial score (nSPS) is 39.0. The molecule has 118 valence electrons. The first-order chi connectivity index (χ1) is 9.07. The van der Waals surface area contributed by atoms with E-state index in [1.165, 1.54) is 58.4 Å². The molecule has 0 aliphatic carbocycles. The summed E-state index contributed by atoms with van der Waals surface area (Å²) in [6.45, 7) is 13.6. The molecule has 0 radical (unpaired) electrons. The molecule has 0 aromatic rings. The maximum atomic E-state index is 3.54. The molecular formula is C16H32ClN3. The molecule has 0 amide bonds. The minimum absolute atomic E-state index is 0. The molecule has 0 aromatic carbocycles. The van der Waals surface area contributed by atoms with Crippen molar-refractivity contribution in [1.29, 1.82) is 0 Å². The molecule has 3 nitrogen and oxygen atoms in total. The largest absolute Gasteiger partial charge is 0.316 e. The van der Waals surface area contributed by atoms with Gasteiger partial charge in [0, 0.05) is 37.8 Å². The number of nitrogens with one attached hydrogen (secondary N) is 1. The molecule has 0 spiro atoms. The van der Waals surface area contributed by atoms with Gasteiger partial charge in [0.15, 0.2) is 0 Å². The fourth-order valence-corrected chi connectivity index (χ4v) is 4.71. The van der Waals surface area contributed by atoms with Crippen LogP contribution in [0.25, 0.3) is 0 Å². The Hall–Kier alpha value is 0.170. The predicted molar refractivity (Wildman–Crippen MR) is 87.7 cm³/mol. The van der Waals surface area contributed by atoms with Gasteiger partial charge in [0.2, 0.25) is 0 Å². The molecule has 3 aliphatic rings. The van der Waals surface area contributed by atoms with E-state index in [0.717, 1.165) is 18.1 Å². The van der Waals surface area contributed by atoms with Crippen molar-refractivity contribution >= 4 is 12.4 Å². The van der Waals surface area contributed by atoms with Crippen molar-refractivity contribution in [2.75, 3.05) is 32.7 Å². The van der Waals surface area contributed by atoms with Gasteiger partial charge in [0.1, 0.15) is 0 Å². The highest BCUT2D eigenvalue weighted by Gasteiger charge is 2.40. The Kier molecular flexibility index (Phi) is 5.39. The topological polar surface area (TPSA) is 18.5 Å². The summed E-state index contributed by atoms with van der Waals surface area (Å²) in [7, 11) is 0. The van der Waals surface area contributed by atoms with Gasteiger partial charge < -0.3 is 10.2 Å². The van der Waals surface area contributed by atoms with Crippen LogP contribution in [0.1, 0.15) is 46.5 Å². The first kappa shape index (κ1) is 16.5. The van der Waals surface area contributed by atoms with E-state index in [0.29, 0.717) is 5.41 Å². The van der Waals surface area contributed by atoms with Crippen LogP contribution in [0, 0.1) is 5.41 Å². The second-order valence-corrected chi connectivity index (χ2v) is 7.69. The quantitative estimate of drug-likeness (QED) is 0.863. The van der Waals surface area contributed by atoms with E-state index in [1.54, 1.807) is 0 Å². The number of rotatable bonds is 3. The molecule has 3 aliphatic heterocycles. The Labute approximate surface area is 130 Å². The van der Waals surface area contributed by atoms with Crippen LogP contribution in [0.3, 0.4) is 0 Å². The Morgan fingerprint density at radius 3 is 2.60 bits per heavy atom. The summed E-state index contributed by atoms with van der Waals surface area (Å²) in [5.74, 6) is 0. The molecule has 0 saturated carbocycles. The summed E-state index contributed by atoms with van der Waals surface area (Å²) in [5.41, 5.74) is 0.520. The summed E-state index contributed by atoms with van der Waals surface area (Å²) >= 11 is 0. The van der Waals surface area contributed by atoms with Crippen molar-refractivity contribution in [3.05, 3.63) is 0 Å². The zero-order chi connectivity index (χ0) is 13.5. The molecule has 3 fully saturated rings. The lowest BCUT2D eigenvalue weighted by molar-refractivity contribution is 0.132. The fraction of sp³-hybridized carbons (Fsp3) is 1.00. The van der Waals surface area contributed by atoms with E-state index in [-0.39, 0.29) is 12.4 Å². The van der Waals surface area contributed by atoms with Crippen LogP contribution < -0.4 is 5.32 Å². The SMILES string of the molecule is CC(C)N1C2CCC1CN(CC1(C)CCNC1)CC2.Cl. The number of nitrogens with zero attached hydrogens (tertiary/aromatic N) is 2. The lowest BCUT2D eigenvalue weighted by Crippen LogP contribution is -2.45. The molecule has 3 saturated heterocycles. The standard InChI is InChI=1S/C16H31N3.ClH/c1-13(2)19-14-4-5-15(19)10-18(9-6-14)12-16(3)7-8-17-11-16;/h13-15,17H,4-12H2,1-3H3;1H. The highest BCUT2D eigenvalue weighted by molar-refractivity contribution is 5.85. The summed E-state index contributed by atoms with van der Waals surface area (Å²) < 4.78 is 0. The highest BCUT2D eigenvalue weighted by atomic mass is 35.5. The molecule has 1 N–H and O–H groups in total. The lowest BCUT2D eigenvalue weighted by Gasteiger charge is -2.34. The third kappa shape index (κ3) is 3.32. The predicted octanol–water partition coefficient (Wildman–Crippen LogP) is 2.35. The molecule has 4 heteroatoms. The Balaban J connectivity index is 0.00000147. The first-order valence-electron chi connectivity index (χ1n) is 8.28. The number of likely N-dealkylation sites (tertiary alicyclic amines) is 1. The van der Waals surface area contributed by atoms with Crippen molar-refractivity contribution in [1.82, 2.24) is 15.1 Å². The summed E-state index contributed by atoms with van der Waals surface area (Å²) in [5, 5.41) is 3.54. The molecule has 20 heavy (non-hydrogen) atoms. The van der Waals surface area contributed by atoms with E-state index < -0.39 is 0 Å². The first-order valence-corrected chi connectivity index (χ1v) is 8.28. The average Bonchev–Trinajstić information content (AvgIpc) is 2.86. The molecule has 3 heterocycles. The number of hydrogen-bond acceptors (Lipinski definition) is 3. The molecule has 0 aromatic heterocycles. The Morgan fingerprint density at radius 1 is 1.20 bits per heavy atom. The molecule has 3 atom stereocenters. The van der Waals surface area contributed by atoms with E-state index in [2.05, 4.69) is 35.9 Å². The smallest absolute Gasteiger partial charge is 0.0229 e. The molecule has 2 bridgehead atoms. The zero-order valence-corrected chi connectivity index (χ0v) is 14.2. The van der Waals surface area contributed by atoms with Gasteiger partial charge in [-0.1, -0.05) is 6.92 Å². The number of hydrogen-bond donors (Lipinski definition) is 1. The van der Waals surface area contributed by atoms with Crippen molar-refractivity contribution in [3.63, 3.8) is 0 Å². The summed E-state index contributed by atoms with van der Waals surface area (Å²) in [6, 6.07) is 2.41. The minimum Gasteiger partial charge on any atom is -0.316 e. The van der Waals surface area contributed by atoms with Crippen molar-refractivity contribution in [2.24, 2.45) is 5.41 Å². The maximum absolute atomic E-state index is 3.54. The minimum atomic E-state index is 0. The van der Waals surface area contributed by atoms with E-state index in [9.17, 15) is 0 Å². The van der Waals surface area contributed by atoms with E-state index in [4.69, 9.17) is 0 Å². The van der Waals surface area contributed by atoms with Crippen molar-refractivity contribution in [3.8, 4) is 0 Å². The third-order valence-corrected chi connectivity index (χ3v) is 5.58. The van der Waals surface area contributed by atoms with Gasteiger partial charge in [-0.2, -0.15) is 0 Å². The summed E-state index contributed by atoms with van der Waals surface area (Å²) in [4.78, 5) is 5.58. The van der Waals surface area contributed by atoms with Gasteiger partial charge in [-0.05, 0) is 58.0 Å². The fourth-order valence-electron chi connectivity index (χ4n) is 4.71. The van der Waals surface area contributed by atoms with Crippen molar-refractivity contribution in [2.45, 2.75) is 64.6 Å². The highest BCUT2D eigenvalue weighted by Crippen LogP contribution is 2.34. The average molecular weight is 302 g/mol.